The summed E-state index contributed by atoms with van der Waals surface area (Å²) in [5, 5.41) is 15.5. The number of anilines is 1. The molecule has 0 radical (unpaired) electrons. The fourth-order valence-corrected chi connectivity index (χ4v) is 2.23. The predicted molar refractivity (Wildman–Crippen MR) is 81.2 cm³/mol. The van der Waals surface area contributed by atoms with Crippen LogP contribution in [0.15, 0.2) is 28.8 Å². The fourth-order valence-electron chi connectivity index (χ4n) is 2.23. The zero-order valence-corrected chi connectivity index (χ0v) is 12.5. The fraction of sp³-hybridized carbons (Fsp3) is 0.375. The molecule has 120 valence electrons. The van der Waals surface area contributed by atoms with E-state index in [9.17, 15) is 9.59 Å². The summed E-state index contributed by atoms with van der Waals surface area (Å²) in [7, 11) is 0. The maximum absolute atomic E-state index is 11.9. The van der Waals surface area contributed by atoms with E-state index in [0.29, 0.717) is 36.8 Å². The first-order chi connectivity index (χ1) is 11.1. The Hall–Kier alpha value is -2.70. The van der Waals surface area contributed by atoms with Gasteiger partial charge in [0.1, 0.15) is 0 Å². The third-order valence-corrected chi connectivity index (χ3v) is 3.61. The van der Waals surface area contributed by atoms with Crippen LogP contribution in [0.4, 0.5) is 5.69 Å². The van der Waals surface area contributed by atoms with E-state index in [1.807, 2.05) is 0 Å². The molecule has 0 atom stereocenters. The van der Waals surface area contributed by atoms with Crippen LogP contribution in [0.3, 0.4) is 0 Å². The van der Waals surface area contributed by atoms with Gasteiger partial charge in [0.05, 0.1) is 5.56 Å². The smallest absolute Gasteiger partial charge is 0.335 e. The lowest BCUT2D eigenvalue weighted by Gasteiger charge is -2.05. The number of hydrogen-bond donors (Lipinski definition) is 2. The van der Waals surface area contributed by atoms with Gasteiger partial charge >= 0.3 is 5.97 Å². The summed E-state index contributed by atoms with van der Waals surface area (Å²) in [6.45, 7) is 0. The van der Waals surface area contributed by atoms with E-state index in [1.165, 1.54) is 12.1 Å². The lowest BCUT2D eigenvalue weighted by molar-refractivity contribution is -0.116. The third kappa shape index (κ3) is 4.15. The Bertz CT molecular complexity index is 722. The van der Waals surface area contributed by atoms with Gasteiger partial charge in [-0.2, -0.15) is 4.98 Å². The van der Waals surface area contributed by atoms with Crippen molar-refractivity contribution in [2.45, 2.75) is 38.0 Å². The van der Waals surface area contributed by atoms with Crippen molar-refractivity contribution in [2.75, 3.05) is 5.32 Å². The average Bonchev–Trinajstić information content (AvgIpc) is 3.27. The van der Waals surface area contributed by atoms with Crippen molar-refractivity contribution in [3.05, 3.63) is 41.5 Å². The summed E-state index contributed by atoms with van der Waals surface area (Å²) in [4.78, 5) is 27.1. The number of benzene rings is 1. The Balaban J connectivity index is 1.45. The molecule has 0 spiro atoms. The molecule has 0 saturated heterocycles. The number of nitrogens with zero attached hydrogens (tertiary/aromatic N) is 2. The highest BCUT2D eigenvalue weighted by Gasteiger charge is 2.28. The van der Waals surface area contributed by atoms with Gasteiger partial charge < -0.3 is 14.9 Å². The van der Waals surface area contributed by atoms with Crippen molar-refractivity contribution < 1.29 is 19.2 Å². The standard InChI is InChI=1S/C16H17N3O4/c20-13(17-12-4-1-3-11(9-12)16(21)22)5-2-6-14-18-15(19-23-14)10-7-8-10/h1,3-4,9-10H,2,5-8H2,(H,17,20)(H,21,22). The highest BCUT2D eigenvalue weighted by molar-refractivity contribution is 5.93. The summed E-state index contributed by atoms with van der Waals surface area (Å²) >= 11 is 0. The molecule has 7 nitrogen and oxygen atoms in total. The number of carbonyl (C=O) groups excluding carboxylic acids is 1. The molecular weight excluding hydrogens is 298 g/mol. The third-order valence-electron chi connectivity index (χ3n) is 3.61. The van der Waals surface area contributed by atoms with Gasteiger partial charge in [-0.05, 0) is 37.5 Å². The molecule has 0 unspecified atom stereocenters. The normalized spacial score (nSPS) is 13.7. The van der Waals surface area contributed by atoms with E-state index in [0.717, 1.165) is 18.7 Å². The summed E-state index contributed by atoms with van der Waals surface area (Å²) in [6, 6.07) is 6.16. The molecule has 1 aromatic heterocycles. The Labute approximate surface area is 132 Å². The molecule has 23 heavy (non-hydrogen) atoms. The molecule has 2 aromatic rings. The topological polar surface area (TPSA) is 105 Å². The van der Waals surface area contributed by atoms with Crippen molar-refractivity contribution in [3.63, 3.8) is 0 Å². The van der Waals surface area contributed by atoms with E-state index in [1.54, 1.807) is 12.1 Å². The van der Waals surface area contributed by atoms with Crippen LogP contribution >= 0.6 is 0 Å². The number of rotatable bonds is 7. The molecule has 7 heteroatoms. The van der Waals surface area contributed by atoms with Gasteiger partial charge in [0.2, 0.25) is 11.8 Å². The van der Waals surface area contributed by atoms with Crippen molar-refractivity contribution >= 4 is 17.6 Å². The van der Waals surface area contributed by atoms with E-state index in [-0.39, 0.29) is 11.5 Å². The van der Waals surface area contributed by atoms with E-state index < -0.39 is 5.97 Å². The van der Waals surface area contributed by atoms with Gasteiger partial charge in [-0.1, -0.05) is 11.2 Å². The second-order valence-electron chi connectivity index (χ2n) is 5.61. The highest BCUT2D eigenvalue weighted by Crippen LogP contribution is 2.38. The van der Waals surface area contributed by atoms with Crippen LogP contribution in [-0.4, -0.2) is 27.1 Å². The highest BCUT2D eigenvalue weighted by atomic mass is 16.5. The molecule has 1 saturated carbocycles. The minimum Gasteiger partial charge on any atom is -0.478 e. The van der Waals surface area contributed by atoms with Gasteiger partial charge in [-0.25, -0.2) is 4.79 Å². The van der Waals surface area contributed by atoms with Crippen molar-refractivity contribution in [1.29, 1.82) is 0 Å². The molecule has 0 bridgehead atoms. The molecule has 0 aliphatic heterocycles. The van der Waals surface area contributed by atoms with Gasteiger partial charge in [-0.3, -0.25) is 4.79 Å². The maximum Gasteiger partial charge on any atom is 0.335 e. The van der Waals surface area contributed by atoms with E-state index in [2.05, 4.69) is 15.5 Å². The van der Waals surface area contributed by atoms with Crippen molar-refractivity contribution in [2.24, 2.45) is 0 Å². The maximum atomic E-state index is 11.9. The van der Waals surface area contributed by atoms with E-state index in [4.69, 9.17) is 9.63 Å². The summed E-state index contributed by atoms with van der Waals surface area (Å²) in [5.41, 5.74) is 0.616. The molecule has 1 aromatic carbocycles. The van der Waals surface area contributed by atoms with Crippen LogP contribution < -0.4 is 5.32 Å². The Morgan fingerprint density at radius 3 is 2.91 bits per heavy atom. The molecule has 1 heterocycles. The summed E-state index contributed by atoms with van der Waals surface area (Å²) in [5.74, 6) is 0.596. The molecular formula is C16H17N3O4. The van der Waals surface area contributed by atoms with Crippen LogP contribution in [0, 0.1) is 0 Å². The Morgan fingerprint density at radius 2 is 2.17 bits per heavy atom. The molecule has 1 fully saturated rings. The summed E-state index contributed by atoms with van der Waals surface area (Å²) in [6.07, 6.45) is 3.70. The predicted octanol–water partition coefficient (Wildman–Crippen LogP) is 2.61. The van der Waals surface area contributed by atoms with Crippen LogP contribution in [0.25, 0.3) is 0 Å². The second-order valence-corrected chi connectivity index (χ2v) is 5.61. The molecule has 1 amide bonds. The molecule has 3 rings (SSSR count). The number of aryl methyl sites for hydroxylation is 1. The van der Waals surface area contributed by atoms with Crippen LogP contribution in [0.1, 0.15) is 53.7 Å². The quantitative estimate of drug-likeness (QED) is 0.813. The van der Waals surface area contributed by atoms with Crippen LogP contribution in [0.5, 0.6) is 0 Å². The monoisotopic (exact) mass is 315 g/mol. The number of aromatic carboxylic acids is 1. The first-order valence-electron chi connectivity index (χ1n) is 7.57. The van der Waals surface area contributed by atoms with Gasteiger partial charge in [0, 0.05) is 24.4 Å². The zero-order valence-electron chi connectivity index (χ0n) is 12.5. The van der Waals surface area contributed by atoms with Gasteiger partial charge in [0.25, 0.3) is 0 Å². The minimum atomic E-state index is -1.02. The lowest BCUT2D eigenvalue weighted by atomic mass is 10.2. The van der Waals surface area contributed by atoms with Crippen LogP contribution in [-0.2, 0) is 11.2 Å². The largest absolute Gasteiger partial charge is 0.478 e. The Morgan fingerprint density at radius 1 is 1.35 bits per heavy atom. The van der Waals surface area contributed by atoms with Crippen molar-refractivity contribution in [1.82, 2.24) is 10.1 Å². The molecule has 2 N–H and O–H groups in total. The molecule has 1 aliphatic rings. The first-order valence-corrected chi connectivity index (χ1v) is 7.57. The SMILES string of the molecule is O=C(CCCc1nc(C2CC2)no1)Nc1cccc(C(=O)O)c1. The summed E-state index contributed by atoms with van der Waals surface area (Å²) < 4.78 is 5.15. The average molecular weight is 315 g/mol. The first kappa shape index (κ1) is 15.2. The van der Waals surface area contributed by atoms with Crippen LogP contribution in [0.2, 0.25) is 0 Å². The minimum absolute atomic E-state index is 0.140. The number of hydrogen-bond acceptors (Lipinski definition) is 5. The van der Waals surface area contributed by atoms with Crippen molar-refractivity contribution in [3.8, 4) is 0 Å². The molecule has 1 aliphatic carbocycles. The number of carbonyl (C=O) groups is 2. The Kier molecular flexibility index (Phi) is 4.36. The number of aromatic nitrogens is 2. The number of carboxylic acids is 1. The number of amides is 1. The number of nitrogens with one attached hydrogen (secondary N) is 1. The number of carboxylic acid groups (broad SMARTS) is 1. The van der Waals surface area contributed by atoms with E-state index >= 15 is 0 Å². The lowest BCUT2D eigenvalue weighted by Crippen LogP contribution is -2.12. The zero-order chi connectivity index (χ0) is 16.2. The van der Waals surface area contributed by atoms with Gasteiger partial charge in [-0.15, -0.1) is 0 Å². The second kappa shape index (κ2) is 6.60. The van der Waals surface area contributed by atoms with Gasteiger partial charge in [0.15, 0.2) is 5.82 Å².